The van der Waals surface area contributed by atoms with E-state index in [0.717, 1.165) is 15.5 Å². The minimum absolute atomic E-state index is 0.0892. The van der Waals surface area contributed by atoms with Crippen molar-refractivity contribution in [3.63, 3.8) is 0 Å². The number of amides is 1. The summed E-state index contributed by atoms with van der Waals surface area (Å²) >= 11 is 5.75. The lowest BCUT2D eigenvalue weighted by molar-refractivity contribution is 0.0951. The summed E-state index contributed by atoms with van der Waals surface area (Å²) in [5, 5.41) is 2.87. The van der Waals surface area contributed by atoms with Crippen LogP contribution in [-0.2, 0) is 6.54 Å². The van der Waals surface area contributed by atoms with Crippen LogP contribution in [0.3, 0.4) is 0 Å². The fraction of sp³-hybridized carbons (Fsp3) is 0.167. The maximum absolute atomic E-state index is 11.8. The molecule has 1 heterocycles. The third-order valence-corrected chi connectivity index (χ3v) is 3.58. The van der Waals surface area contributed by atoms with E-state index in [1.165, 1.54) is 0 Å². The molecule has 0 aliphatic carbocycles. The summed E-state index contributed by atoms with van der Waals surface area (Å²) in [5.74, 6) is -0.0892. The monoisotopic (exact) mass is 264 g/mol. The van der Waals surface area contributed by atoms with Crippen LogP contribution in [0, 0.1) is 6.92 Å². The average molecular weight is 264 g/mol. The number of carbonyl (C=O) groups excluding carboxylic acids is 1. The van der Waals surface area contributed by atoms with Crippen LogP contribution in [0.2, 0.25) is 0 Å². The Kier molecular flexibility index (Phi) is 3.81. The van der Waals surface area contributed by atoms with Crippen molar-refractivity contribution >= 4 is 29.9 Å². The smallest absolute Gasteiger partial charge is 0.251 e. The summed E-state index contributed by atoms with van der Waals surface area (Å²) in [6, 6.07) is 7.18. The van der Waals surface area contributed by atoms with Crippen LogP contribution in [0.4, 0.5) is 0 Å². The minimum Gasteiger partial charge on any atom is -0.347 e. The van der Waals surface area contributed by atoms with E-state index in [2.05, 4.69) is 22.9 Å². The van der Waals surface area contributed by atoms with Crippen LogP contribution in [-0.4, -0.2) is 10.9 Å². The van der Waals surface area contributed by atoms with Gasteiger partial charge in [-0.3, -0.25) is 4.79 Å². The summed E-state index contributed by atoms with van der Waals surface area (Å²) in [6.07, 6.45) is 0. The number of thiol groups is 1. The third kappa shape index (κ3) is 3.08. The predicted molar refractivity (Wildman–Crippen MR) is 71.7 cm³/mol. The zero-order valence-electron chi connectivity index (χ0n) is 9.30. The molecule has 0 saturated heterocycles. The van der Waals surface area contributed by atoms with Crippen molar-refractivity contribution in [3.8, 4) is 0 Å². The standard InChI is InChI=1S/C12H12N2OS2/c1-8-11(17-7-14-8)6-13-12(15)9-3-2-4-10(16)5-9/h2-5,7,16H,6H2,1H3,(H,13,15). The first kappa shape index (κ1) is 12.1. The van der Waals surface area contributed by atoms with Crippen LogP contribution < -0.4 is 5.32 Å². The van der Waals surface area contributed by atoms with Crippen molar-refractivity contribution in [2.75, 3.05) is 0 Å². The number of carbonyl (C=O) groups is 1. The second-order valence-electron chi connectivity index (χ2n) is 3.59. The molecule has 0 atom stereocenters. The van der Waals surface area contributed by atoms with Crippen LogP contribution in [0.1, 0.15) is 20.9 Å². The Bertz CT molecular complexity index is 537. The number of hydrogen-bond donors (Lipinski definition) is 2. The lowest BCUT2D eigenvalue weighted by Gasteiger charge is -2.04. The van der Waals surface area contributed by atoms with E-state index in [0.29, 0.717) is 12.1 Å². The van der Waals surface area contributed by atoms with Gasteiger partial charge in [-0.2, -0.15) is 0 Å². The Morgan fingerprint density at radius 1 is 1.53 bits per heavy atom. The molecule has 0 bridgehead atoms. The van der Waals surface area contributed by atoms with E-state index in [4.69, 9.17) is 0 Å². The van der Waals surface area contributed by atoms with E-state index in [1.54, 1.807) is 29.0 Å². The van der Waals surface area contributed by atoms with Gasteiger partial charge in [-0.25, -0.2) is 4.98 Å². The normalized spacial score (nSPS) is 10.2. The van der Waals surface area contributed by atoms with Gasteiger partial charge in [0.2, 0.25) is 0 Å². The SMILES string of the molecule is Cc1ncsc1CNC(=O)c1cccc(S)c1. The summed E-state index contributed by atoms with van der Waals surface area (Å²) in [5.41, 5.74) is 3.38. The Hall–Kier alpha value is -1.33. The molecule has 1 amide bonds. The fourth-order valence-corrected chi connectivity index (χ4v) is 2.35. The first-order valence-electron chi connectivity index (χ1n) is 5.13. The Morgan fingerprint density at radius 2 is 2.35 bits per heavy atom. The molecule has 88 valence electrons. The van der Waals surface area contributed by atoms with E-state index >= 15 is 0 Å². The van der Waals surface area contributed by atoms with E-state index < -0.39 is 0 Å². The largest absolute Gasteiger partial charge is 0.347 e. The van der Waals surface area contributed by atoms with Gasteiger partial charge in [0.1, 0.15) is 0 Å². The molecule has 0 fully saturated rings. The van der Waals surface area contributed by atoms with E-state index in [-0.39, 0.29) is 5.91 Å². The Morgan fingerprint density at radius 3 is 3.00 bits per heavy atom. The van der Waals surface area contributed by atoms with Gasteiger partial charge in [-0.05, 0) is 25.1 Å². The number of thiazole rings is 1. The summed E-state index contributed by atoms with van der Waals surface area (Å²) < 4.78 is 0. The van der Waals surface area contributed by atoms with Crippen molar-refractivity contribution in [1.82, 2.24) is 10.3 Å². The first-order valence-corrected chi connectivity index (χ1v) is 6.45. The summed E-state index contributed by atoms with van der Waals surface area (Å²) in [4.78, 5) is 17.8. The topological polar surface area (TPSA) is 42.0 Å². The molecule has 2 aromatic rings. The first-order chi connectivity index (χ1) is 8.16. The van der Waals surface area contributed by atoms with Gasteiger partial charge in [0.25, 0.3) is 5.91 Å². The second-order valence-corrected chi connectivity index (χ2v) is 5.05. The van der Waals surface area contributed by atoms with Gasteiger partial charge in [0, 0.05) is 15.3 Å². The van der Waals surface area contributed by atoms with Gasteiger partial charge >= 0.3 is 0 Å². The highest BCUT2D eigenvalue weighted by Crippen LogP contribution is 2.12. The second kappa shape index (κ2) is 5.33. The molecule has 1 aromatic carbocycles. The quantitative estimate of drug-likeness (QED) is 0.837. The number of aromatic nitrogens is 1. The minimum atomic E-state index is -0.0892. The van der Waals surface area contributed by atoms with Gasteiger partial charge in [0.05, 0.1) is 17.7 Å². The van der Waals surface area contributed by atoms with Crippen molar-refractivity contribution in [2.45, 2.75) is 18.4 Å². The van der Waals surface area contributed by atoms with Crippen molar-refractivity contribution in [1.29, 1.82) is 0 Å². The van der Waals surface area contributed by atoms with E-state index in [1.807, 2.05) is 19.1 Å². The number of aryl methyl sites for hydroxylation is 1. The number of nitrogens with zero attached hydrogens (tertiary/aromatic N) is 1. The van der Waals surface area contributed by atoms with Crippen LogP contribution in [0.15, 0.2) is 34.7 Å². The lowest BCUT2D eigenvalue weighted by atomic mass is 10.2. The number of hydrogen-bond acceptors (Lipinski definition) is 4. The molecule has 0 spiro atoms. The van der Waals surface area contributed by atoms with Crippen molar-refractivity contribution in [3.05, 3.63) is 45.9 Å². The van der Waals surface area contributed by atoms with Crippen molar-refractivity contribution < 1.29 is 4.79 Å². The average Bonchev–Trinajstić information content (AvgIpc) is 2.72. The molecule has 17 heavy (non-hydrogen) atoms. The van der Waals surface area contributed by atoms with Gasteiger partial charge in [-0.15, -0.1) is 24.0 Å². The van der Waals surface area contributed by atoms with Crippen LogP contribution in [0.25, 0.3) is 0 Å². The molecule has 1 N–H and O–H groups in total. The lowest BCUT2D eigenvalue weighted by Crippen LogP contribution is -2.22. The van der Waals surface area contributed by atoms with Crippen molar-refractivity contribution in [2.24, 2.45) is 0 Å². The molecule has 5 heteroatoms. The molecule has 0 aliphatic heterocycles. The highest BCUT2D eigenvalue weighted by molar-refractivity contribution is 7.80. The molecule has 0 radical (unpaired) electrons. The molecule has 2 rings (SSSR count). The zero-order chi connectivity index (χ0) is 12.3. The van der Waals surface area contributed by atoms with Gasteiger partial charge in [0.15, 0.2) is 0 Å². The highest BCUT2D eigenvalue weighted by Gasteiger charge is 2.07. The Labute approximate surface area is 109 Å². The maximum Gasteiger partial charge on any atom is 0.251 e. The molecule has 0 unspecified atom stereocenters. The number of benzene rings is 1. The molecule has 1 aromatic heterocycles. The number of nitrogens with one attached hydrogen (secondary N) is 1. The fourth-order valence-electron chi connectivity index (χ4n) is 1.41. The summed E-state index contributed by atoms with van der Waals surface area (Å²) in [7, 11) is 0. The molecular weight excluding hydrogens is 252 g/mol. The highest BCUT2D eigenvalue weighted by atomic mass is 32.1. The predicted octanol–water partition coefficient (Wildman–Crippen LogP) is 2.67. The Balaban J connectivity index is 2.01. The van der Waals surface area contributed by atoms with Crippen LogP contribution >= 0.6 is 24.0 Å². The van der Waals surface area contributed by atoms with Crippen LogP contribution in [0.5, 0.6) is 0 Å². The summed E-state index contributed by atoms with van der Waals surface area (Å²) in [6.45, 7) is 2.46. The third-order valence-electron chi connectivity index (χ3n) is 2.36. The van der Waals surface area contributed by atoms with Gasteiger partial charge in [-0.1, -0.05) is 6.07 Å². The van der Waals surface area contributed by atoms with Gasteiger partial charge < -0.3 is 5.32 Å². The molecule has 3 nitrogen and oxygen atoms in total. The zero-order valence-corrected chi connectivity index (χ0v) is 11.0. The number of rotatable bonds is 3. The van der Waals surface area contributed by atoms with E-state index in [9.17, 15) is 4.79 Å². The molecule has 0 saturated carbocycles. The molecule has 0 aliphatic rings. The molecular formula is C12H12N2OS2. The maximum atomic E-state index is 11.8.